The lowest BCUT2D eigenvalue weighted by atomic mass is 9.99. The molecule has 0 atom stereocenters. The molecule has 5 nitrogen and oxygen atoms in total. The third-order valence-electron chi connectivity index (χ3n) is 3.78. The van der Waals surface area contributed by atoms with Crippen molar-refractivity contribution in [2.24, 2.45) is 5.92 Å². The number of carbonyl (C=O) groups excluding carboxylic acids is 1. The smallest absolute Gasteiger partial charge is 0.341 e. The van der Waals surface area contributed by atoms with Crippen molar-refractivity contribution in [3.63, 3.8) is 0 Å². The van der Waals surface area contributed by atoms with Crippen LogP contribution in [0.5, 0.6) is 5.75 Å². The van der Waals surface area contributed by atoms with Gasteiger partial charge in [0, 0.05) is 11.6 Å². The van der Waals surface area contributed by atoms with Crippen LogP contribution >= 0.6 is 11.6 Å². The van der Waals surface area contributed by atoms with E-state index in [1.807, 2.05) is 0 Å². The number of hydrogen-bond donors (Lipinski definition) is 2. The number of carbonyl (C=O) groups is 2. The maximum Gasteiger partial charge on any atom is 0.341 e. The van der Waals surface area contributed by atoms with Crippen LogP contribution in [0, 0.1) is 5.92 Å². The molecular formula is C16H20ClNO4. The van der Waals surface area contributed by atoms with E-state index in [2.05, 4.69) is 5.32 Å². The summed E-state index contributed by atoms with van der Waals surface area (Å²) in [5.74, 6) is -0.695. The molecule has 0 heterocycles. The Bertz CT molecular complexity index is 539. The Morgan fingerprint density at radius 2 is 1.91 bits per heavy atom. The van der Waals surface area contributed by atoms with E-state index in [0.717, 1.165) is 25.7 Å². The molecule has 120 valence electrons. The highest BCUT2D eigenvalue weighted by molar-refractivity contribution is 6.32. The van der Waals surface area contributed by atoms with Crippen LogP contribution in [0.2, 0.25) is 5.02 Å². The topological polar surface area (TPSA) is 75.6 Å². The summed E-state index contributed by atoms with van der Waals surface area (Å²) in [7, 11) is 0. The number of carboxylic acid groups (broad SMARTS) is 1. The van der Waals surface area contributed by atoms with Gasteiger partial charge in [-0.25, -0.2) is 4.79 Å². The zero-order valence-corrected chi connectivity index (χ0v) is 13.1. The first-order valence-corrected chi connectivity index (χ1v) is 7.89. The van der Waals surface area contributed by atoms with Crippen LogP contribution in [-0.4, -0.2) is 23.6 Å². The lowest BCUT2D eigenvalue weighted by Crippen LogP contribution is -2.22. The molecule has 1 aliphatic rings. The number of hydrogen-bond acceptors (Lipinski definition) is 3. The Morgan fingerprint density at radius 3 is 2.50 bits per heavy atom. The minimum absolute atomic E-state index is 0.0252. The van der Waals surface area contributed by atoms with Gasteiger partial charge in [-0.05, 0) is 31.0 Å². The Hall–Kier alpha value is -1.75. The molecule has 0 radical (unpaired) electrons. The number of benzene rings is 1. The molecule has 2 N–H and O–H groups in total. The first kappa shape index (κ1) is 16.6. The van der Waals surface area contributed by atoms with E-state index in [1.54, 1.807) is 18.2 Å². The van der Waals surface area contributed by atoms with E-state index in [-0.39, 0.29) is 22.6 Å². The molecule has 0 unspecified atom stereocenters. The van der Waals surface area contributed by atoms with Crippen molar-refractivity contribution in [2.75, 3.05) is 11.9 Å². The minimum Gasteiger partial charge on any atom is -0.480 e. The van der Waals surface area contributed by atoms with E-state index in [0.29, 0.717) is 5.69 Å². The Kier molecular flexibility index (Phi) is 6.07. The molecule has 1 aromatic rings. The lowest BCUT2D eigenvalue weighted by Gasteiger charge is -2.15. The molecule has 1 fully saturated rings. The van der Waals surface area contributed by atoms with Gasteiger partial charge in [0.1, 0.15) is 5.75 Å². The van der Waals surface area contributed by atoms with Crippen molar-refractivity contribution in [3.8, 4) is 5.75 Å². The van der Waals surface area contributed by atoms with Gasteiger partial charge in [0.05, 0.1) is 5.02 Å². The largest absolute Gasteiger partial charge is 0.480 e. The number of nitrogens with one attached hydrogen (secondary N) is 1. The molecule has 22 heavy (non-hydrogen) atoms. The average molecular weight is 326 g/mol. The van der Waals surface area contributed by atoms with Gasteiger partial charge < -0.3 is 15.2 Å². The number of ether oxygens (including phenoxy) is 1. The van der Waals surface area contributed by atoms with Crippen molar-refractivity contribution in [1.82, 2.24) is 0 Å². The summed E-state index contributed by atoms with van der Waals surface area (Å²) in [4.78, 5) is 22.7. The van der Waals surface area contributed by atoms with E-state index in [1.165, 1.54) is 12.8 Å². The van der Waals surface area contributed by atoms with Gasteiger partial charge in [-0.1, -0.05) is 37.3 Å². The molecule has 0 saturated heterocycles. The van der Waals surface area contributed by atoms with Crippen LogP contribution in [0.15, 0.2) is 18.2 Å². The zero-order valence-electron chi connectivity index (χ0n) is 12.3. The van der Waals surface area contributed by atoms with Crippen LogP contribution < -0.4 is 10.1 Å². The van der Waals surface area contributed by atoms with Crippen LogP contribution in [0.1, 0.15) is 38.5 Å². The Labute approximate surface area is 134 Å². The SMILES string of the molecule is O=C(O)COc1ccc(NC(=O)C2CCCCCC2)cc1Cl. The van der Waals surface area contributed by atoms with Crippen molar-refractivity contribution in [3.05, 3.63) is 23.2 Å². The number of carboxylic acids is 1. The first-order chi connectivity index (χ1) is 10.6. The summed E-state index contributed by atoms with van der Waals surface area (Å²) in [6.07, 6.45) is 6.46. The Morgan fingerprint density at radius 1 is 1.23 bits per heavy atom. The highest BCUT2D eigenvalue weighted by Crippen LogP contribution is 2.29. The van der Waals surface area contributed by atoms with E-state index >= 15 is 0 Å². The summed E-state index contributed by atoms with van der Waals surface area (Å²) in [6.45, 7) is -0.451. The molecule has 0 spiro atoms. The monoisotopic (exact) mass is 325 g/mol. The van der Waals surface area contributed by atoms with Gasteiger partial charge in [0.2, 0.25) is 5.91 Å². The highest BCUT2D eigenvalue weighted by Gasteiger charge is 2.20. The van der Waals surface area contributed by atoms with Crippen molar-refractivity contribution in [2.45, 2.75) is 38.5 Å². The van der Waals surface area contributed by atoms with E-state index in [9.17, 15) is 9.59 Å². The second kappa shape index (κ2) is 8.03. The van der Waals surface area contributed by atoms with Crippen molar-refractivity contribution >= 4 is 29.2 Å². The van der Waals surface area contributed by atoms with Gasteiger partial charge in [-0.3, -0.25) is 4.79 Å². The number of amides is 1. The fraction of sp³-hybridized carbons (Fsp3) is 0.500. The van der Waals surface area contributed by atoms with Gasteiger partial charge in [0.15, 0.2) is 6.61 Å². The fourth-order valence-corrected chi connectivity index (χ4v) is 2.86. The van der Waals surface area contributed by atoms with Crippen molar-refractivity contribution < 1.29 is 19.4 Å². The van der Waals surface area contributed by atoms with E-state index < -0.39 is 12.6 Å². The summed E-state index contributed by atoms with van der Waals surface area (Å²) in [6, 6.07) is 4.80. The molecule has 1 amide bonds. The fourth-order valence-electron chi connectivity index (χ4n) is 2.62. The zero-order chi connectivity index (χ0) is 15.9. The quantitative estimate of drug-likeness (QED) is 0.809. The molecule has 0 aliphatic heterocycles. The first-order valence-electron chi connectivity index (χ1n) is 7.51. The van der Waals surface area contributed by atoms with Gasteiger partial charge >= 0.3 is 5.97 Å². The van der Waals surface area contributed by atoms with Gasteiger partial charge in [0.25, 0.3) is 0 Å². The molecule has 1 aromatic carbocycles. The predicted molar refractivity (Wildman–Crippen MR) is 84.4 cm³/mol. The van der Waals surface area contributed by atoms with Crippen LogP contribution in [-0.2, 0) is 9.59 Å². The van der Waals surface area contributed by atoms with Crippen molar-refractivity contribution in [1.29, 1.82) is 0 Å². The lowest BCUT2D eigenvalue weighted by molar-refractivity contribution is -0.139. The maximum atomic E-state index is 12.3. The summed E-state index contributed by atoms with van der Waals surface area (Å²) >= 11 is 6.04. The van der Waals surface area contributed by atoms with Gasteiger partial charge in [-0.2, -0.15) is 0 Å². The third kappa shape index (κ3) is 4.91. The summed E-state index contributed by atoms with van der Waals surface area (Å²) in [5.41, 5.74) is 0.599. The van der Waals surface area contributed by atoms with E-state index in [4.69, 9.17) is 21.4 Å². The highest BCUT2D eigenvalue weighted by atomic mass is 35.5. The third-order valence-corrected chi connectivity index (χ3v) is 4.07. The summed E-state index contributed by atoms with van der Waals surface area (Å²) < 4.78 is 5.05. The molecule has 0 bridgehead atoms. The van der Waals surface area contributed by atoms with Crippen LogP contribution in [0.4, 0.5) is 5.69 Å². The molecule has 2 rings (SSSR count). The second-order valence-electron chi connectivity index (χ2n) is 5.51. The normalized spacial score (nSPS) is 15.9. The standard InChI is InChI=1S/C16H20ClNO4/c17-13-9-12(7-8-14(13)22-10-15(19)20)18-16(21)11-5-3-1-2-4-6-11/h7-9,11H,1-6,10H2,(H,18,21)(H,19,20). The molecule has 0 aromatic heterocycles. The predicted octanol–water partition coefficient (Wildman–Crippen LogP) is 3.71. The molecular weight excluding hydrogens is 306 g/mol. The Balaban J connectivity index is 1.96. The minimum atomic E-state index is -1.07. The summed E-state index contributed by atoms with van der Waals surface area (Å²) in [5, 5.41) is 11.7. The number of halogens is 1. The maximum absolute atomic E-state index is 12.3. The number of aliphatic carboxylic acids is 1. The van der Waals surface area contributed by atoms with Crippen LogP contribution in [0.3, 0.4) is 0 Å². The molecule has 1 saturated carbocycles. The second-order valence-corrected chi connectivity index (χ2v) is 5.91. The average Bonchev–Trinajstić information content (AvgIpc) is 2.75. The molecule has 1 aliphatic carbocycles. The van der Waals surface area contributed by atoms with Crippen LogP contribution in [0.25, 0.3) is 0 Å². The molecule has 6 heteroatoms. The van der Waals surface area contributed by atoms with Gasteiger partial charge in [-0.15, -0.1) is 0 Å². The number of rotatable bonds is 5. The number of anilines is 1.